The Kier molecular flexibility index (Phi) is 5.07. The second-order valence-corrected chi connectivity index (χ2v) is 1.84. The highest BCUT2D eigenvalue weighted by Crippen LogP contribution is 1.91. The van der Waals surface area contributed by atoms with Crippen LogP contribution in [0.3, 0.4) is 0 Å². The maximum Gasteiger partial charge on any atom is 0.0860 e. The van der Waals surface area contributed by atoms with Gasteiger partial charge in [0.25, 0.3) is 0 Å². The summed E-state index contributed by atoms with van der Waals surface area (Å²) in [5, 5.41) is 7.83. The zero-order valence-electron chi connectivity index (χ0n) is 6.33. The van der Waals surface area contributed by atoms with E-state index in [9.17, 15) is 0 Å². The Hall–Kier alpha value is -0.660. The lowest BCUT2D eigenvalue weighted by Crippen LogP contribution is -1.88. The Morgan fingerprint density at radius 1 is 1.56 bits per heavy atom. The molecule has 9 heavy (non-hydrogen) atoms. The minimum absolute atomic E-state index is 0.245. The lowest BCUT2D eigenvalue weighted by molar-refractivity contribution is 0.803. The summed E-state index contributed by atoms with van der Waals surface area (Å²) in [6, 6.07) is 0.245. The average molecular weight is 126 g/mol. The summed E-state index contributed by atoms with van der Waals surface area (Å²) in [7, 11) is 0. The highest BCUT2D eigenvalue weighted by atomic mass is 15.1. The molecule has 2 heteroatoms. The van der Waals surface area contributed by atoms with E-state index in [1.165, 1.54) is 0 Å². The Morgan fingerprint density at radius 2 is 2.22 bits per heavy atom. The largest absolute Gasteiger partial charge is 0.194 e. The third-order valence-electron chi connectivity index (χ3n) is 0.876. The van der Waals surface area contributed by atoms with Crippen molar-refractivity contribution in [3.05, 3.63) is 12.2 Å². The van der Waals surface area contributed by atoms with E-state index in [1.807, 2.05) is 32.9 Å². The first-order valence-corrected chi connectivity index (χ1v) is 3.30. The van der Waals surface area contributed by atoms with Crippen LogP contribution >= 0.6 is 0 Å². The first-order valence-electron chi connectivity index (χ1n) is 3.30. The SMILES string of the molecule is C/C=C\C(C)N=NCC. The van der Waals surface area contributed by atoms with Crippen molar-refractivity contribution in [1.82, 2.24) is 0 Å². The Labute approximate surface area is 56.7 Å². The molecule has 52 valence electrons. The van der Waals surface area contributed by atoms with Gasteiger partial charge in [-0.25, -0.2) is 0 Å². The van der Waals surface area contributed by atoms with Crippen molar-refractivity contribution in [3.8, 4) is 0 Å². The van der Waals surface area contributed by atoms with Crippen molar-refractivity contribution >= 4 is 0 Å². The van der Waals surface area contributed by atoms with Gasteiger partial charge in [-0.1, -0.05) is 12.2 Å². The van der Waals surface area contributed by atoms with E-state index in [1.54, 1.807) is 0 Å². The molecule has 1 atom stereocenters. The van der Waals surface area contributed by atoms with Crippen molar-refractivity contribution in [3.63, 3.8) is 0 Å². The van der Waals surface area contributed by atoms with Gasteiger partial charge in [0.2, 0.25) is 0 Å². The molecule has 0 radical (unpaired) electrons. The van der Waals surface area contributed by atoms with E-state index < -0.39 is 0 Å². The van der Waals surface area contributed by atoms with Crippen LogP contribution in [0.5, 0.6) is 0 Å². The van der Waals surface area contributed by atoms with Crippen LogP contribution in [0.1, 0.15) is 20.8 Å². The lowest BCUT2D eigenvalue weighted by Gasteiger charge is -1.92. The lowest BCUT2D eigenvalue weighted by atomic mass is 10.3. The number of nitrogens with zero attached hydrogens (tertiary/aromatic N) is 2. The van der Waals surface area contributed by atoms with E-state index in [0.29, 0.717) is 0 Å². The van der Waals surface area contributed by atoms with Gasteiger partial charge < -0.3 is 0 Å². The smallest absolute Gasteiger partial charge is 0.0860 e. The van der Waals surface area contributed by atoms with E-state index in [-0.39, 0.29) is 6.04 Å². The molecule has 0 aromatic heterocycles. The molecular formula is C7H14N2. The van der Waals surface area contributed by atoms with Crippen molar-refractivity contribution in [2.75, 3.05) is 6.54 Å². The summed E-state index contributed by atoms with van der Waals surface area (Å²) in [5.74, 6) is 0. The molecule has 0 saturated heterocycles. The van der Waals surface area contributed by atoms with Crippen molar-refractivity contribution in [2.45, 2.75) is 26.8 Å². The minimum Gasteiger partial charge on any atom is -0.194 e. The average Bonchev–Trinajstić information content (AvgIpc) is 1.85. The van der Waals surface area contributed by atoms with Gasteiger partial charge >= 0.3 is 0 Å². The zero-order chi connectivity index (χ0) is 7.11. The van der Waals surface area contributed by atoms with E-state index in [4.69, 9.17) is 0 Å². The molecule has 0 aromatic rings. The van der Waals surface area contributed by atoms with Crippen LogP contribution in [-0.4, -0.2) is 12.6 Å². The van der Waals surface area contributed by atoms with Crippen LogP contribution in [0.2, 0.25) is 0 Å². The third kappa shape index (κ3) is 5.21. The molecule has 0 aliphatic carbocycles. The summed E-state index contributed by atoms with van der Waals surface area (Å²) in [6.07, 6.45) is 4.00. The van der Waals surface area contributed by atoms with Gasteiger partial charge in [0.15, 0.2) is 0 Å². The molecule has 2 nitrogen and oxygen atoms in total. The molecule has 0 rings (SSSR count). The summed E-state index contributed by atoms with van der Waals surface area (Å²) >= 11 is 0. The highest BCUT2D eigenvalue weighted by Gasteiger charge is 1.86. The predicted molar refractivity (Wildman–Crippen MR) is 39.7 cm³/mol. The molecule has 0 N–H and O–H groups in total. The monoisotopic (exact) mass is 126 g/mol. The van der Waals surface area contributed by atoms with Crippen LogP contribution in [0, 0.1) is 0 Å². The van der Waals surface area contributed by atoms with Crippen LogP contribution in [0.4, 0.5) is 0 Å². The standard InChI is InChI=1S/C7H14N2/c1-4-6-7(3)9-8-5-2/h4,6-7H,5H2,1-3H3/b6-4-,9-8?. The van der Waals surface area contributed by atoms with Crippen LogP contribution in [0.15, 0.2) is 22.4 Å². The molecular weight excluding hydrogens is 112 g/mol. The van der Waals surface area contributed by atoms with Gasteiger partial charge in [-0.2, -0.15) is 10.2 Å². The summed E-state index contributed by atoms with van der Waals surface area (Å²) in [5.41, 5.74) is 0. The Balaban J connectivity index is 3.48. The zero-order valence-corrected chi connectivity index (χ0v) is 6.33. The third-order valence-corrected chi connectivity index (χ3v) is 0.876. The van der Waals surface area contributed by atoms with Gasteiger partial charge in [0.1, 0.15) is 0 Å². The second kappa shape index (κ2) is 5.48. The molecule has 0 fully saturated rings. The van der Waals surface area contributed by atoms with Gasteiger partial charge in [-0.15, -0.1) is 0 Å². The number of azo groups is 1. The molecule has 0 aromatic carbocycles. The minimum atomic E-state index is 0.245. The topological polar surface area (TPSA) is 24.7 Å². The maximum absolute atomic E-state index is 3.97. The fourth-order valence-electron chi connectivity index (χ4n) is 0.527. The van der Waals surface area contributed by atoms with E-state index >= 15 is 0 Å². The normalized spacial score (nSPS) is 15.4. The molecule has 0 heterocycles. The maximum atomic E-state index is 3.97. The number of hydrogen-bond donors (Lipinski definition) is 0. The second-order valence-electron chi connectivity index (χ2n) is 1.84. The van der Waals surface area contributed by atoms with Gasteiger partial charge in [-0.3, -0.25) is 0 Å². The van der Waals surface area contributed by atoms with Crippen LogP contribution in [0.25, 0.3) is 0 Å². The Morgan fingerprint density at radius 3 is 2.67 bits per heavy atom. The fraction of sp³-hybridized carbons (Fsp3) is 0.714. The van der Waals surface area contributed by atoms with Gasteiger partial charge in [-0.05, 0) is 20.8 Å². The molecule has 0 amide bonds. The van der Waals surface area contributed by atoms with Gasteiger partial charge in [0, 0.05) is 0 Å². The molecule has 0 spiro atoms. The van der Waals surface area contributed by atoms with Crippen molar-refractivity contribution in [1.29, 1.82) is 0 Å². The molecule has 1 unspecified atom stereocenters. The van der Waals surface area contributed by atoms with E-state index in [2.05, 4.69) is 10.2 Å². The van der Waals surface area contributed by atoms with E-state index in [0.717, 1.165) is 6.54 Å². The molecule has 0 aliphatic heterocycles. The number of allylic oxidation sites excluding steroid dienone is 1. The highest BCUT2D eigenvalue weighted by molar-refractivity contribution is 4.86. The van der Waals surface area contributed by atoms with Gasteiger partial charge in [0.05, 0.1) is 12.6 Å². The molecule has 0 saturated carbocycles. The quantitative estimate of drug-likeness (QED) is 0.410. The molecule has 0 bridgehead atoms. The first kappa shape index (κ1) is 8.34. The summed E-state index contributed by atoms with van der Waals surface area (Å²) in [6.45, 7) is 6.75. The van der Waals surface area contributed by atoms with Crippen LogP contribution in [-0.2, 0) is 0 Å². The summed E-state index contributed by atoms with van der Waals surface area (Å²) in [4.78, 5) is 0. The van der Waals surface area contributed by atoms with Crippen LogP contribution < -0.4 is 0 Å². The Bertz CT molecular complexity index is 105. The summed E-state index contributed by atoms with van der Waals surface area (Å²) < 4.78 is 0. The number of hydrogen-bond acceptors (Lipinski definition) is 2. The fourth-order valence-corrected chi connectivity index (χ4v) is 0.527. The van der Waals surface area contributed by atoms with Crippen molar-refractivity contribution in [2.24, 2.45) is 10.2 Å². The van der Waals surface area contributed by atoms with Crippen molar-refractivity contribution < 1.29 is 0 Å². The molecule has 0 aliphatic rings. The predicted octanol–water partition coefficient (Wildman–Crippen LogP) is 2.42. The number of rotatable bonds is 3. The first-order chi connectivity index (χ1) is 4.31.